The Labute approximate surface area is 235 Å². The Hall–Kier alpha value is -3.91. The number of amides is 1. The molecule has 204 valence electrons. The Morgan fingerprint density at radius 1 is 1.07 bits per heavy atom. The summed E-state index contributed by atoms with van der Waals surface area (Å²) in [7, 11) is 0. The minimum Gasteiger partial charge on any atom is -0.308 e. The zero-order valence-electron chi connectivity index (χ0n) is 22.3. The van der Waals surface area contributed by atoms with Gasteiger partial charge in [-0.15, -0.1) is 0 Å². The summed E-state index contributed by atoms with van der Waals surface area (Å²) < 4.78 is 30.4. The highest BCUT2D eigenvalue weighted by molar-refractivity contribution is 6.31. The van der Waals surface area contributed by atoms with Crippen molar-refractivity contribution in [2.45, 2.75) is 51.9 Å². The van der Waals surface area contributed by atoms with E-state index in [-0.39, 0.29) is 45.5 Å². The first-order valence-electron chi connectivity index (χ1n) is 13.2. The molecule has 0 unspecified atom stereocenters. The molecular formula is C31H27ClF2N4O2. The van der Waals surface area contributed by atoms with Gasteiger partial charge in [-0.2, -0.15) is 0 Å². The van der Waals surface area contributed by atoms with Crippen LogP contribution < -0.4 is 10.9 Å². The number of pyridine rings is 3. The fourth-order valence-corrected chi connectivity index (χ4v) is 5.50. The van der Waals surface area contributed by atoms with Gasteiger partial charge in [-0.1, -0.05) is 30.7 Å². The first-order valence-corrected chi connectivity index (χ1v) is 13.6. The number of aromatic nitrogens is 3. The van der Waals surface area contributed by atoms with Crippen molar-refractivity contribution in [3.05, 3.63) is 104 Å². The SMILES string of the molecule is Cc1cnc(-c2ccnc(NC(=O)C3(C)CC3)c2F)cc1-n1c(C)cc([C@H]2C[C@@H]2c2ccc(F)cc2)c(Cl)c1=O. The first kappa shape index (κ1) is 26.3. The van der Waals surface area contributed by atoms with Crippen LogP contribution in [-0.4, -0.2) is 20.4 Å². The molecule has 6 nitrogen and oxygen atoms in total. The van der Waals surface area contributed by atoms with Crippen LogP contribution in [0.3, 0.4) is 0 Å². The molecule has 2 aliphatic rings. The number of halogens is 3. The van der Waals surface area contributed by atoms with Crippen LogP contribution in [0.25, 0.3) is 16.9 Å². The number of nitrogens with zero attached hydrogens (tertiary/aromatic N) is 3. The van der Waals surface area contributed by atoms with Gasteiger partial charge in [0.1, 0.15) is 10.8 Å². The van der Waals surface area contributed by atoms with E-state index < -0.39 is 11.2 Å². The molecule has 0 saturated heterocycles. The number of hydrogen-bond acceptors (Lipinski definition) is 4. The molecule has 1 amide bonds. The summed E-state index contributed by atoms with van der Waals surface area (Å²) in [6.45, 7) is 5.48. The second-order valence-electron chi connectivity index (χ2n) is 11.1. The van der Waals surface area contributed by atoms with Crippen LogP contribution in [0.4, 0.5) is 14.6 Å². The predicted molar refractivity (Wildman–Crippen MR) is 150 cm³/mol. The third kappa shape index (κ3) is 4.60. The largest absolute Gasteiger partial charge is 0.308 e. The Kier molecular flexibility index (Phi) is 6.33. The van der Waals surface area contributed by atoms with Crippen molar-refractivity contribution in [3.63, 3.8) is 0 Å². The lowest BCUT2D eigenvalue weighted by atomic mass is 10.0. The fraction of sp³-hybridized carbons (Fsp3) is 0.290. The maximum Gasteiger partial charge on any atom is 0.274 e. The monoisotopic (exact) mass is 560 g/mol. The summed E-state index contributed by atoms with van der Waals surface area (Å²) in [6.07, 6.45) is 5.33. The average molecular weight is 561 g/mol. The summed E-state index contributed by atoms with van der Waals surface area (Å²) in [4.78, 5) is 34.5. The molecule has 1 aromatic carbocycles. The lowest BCUT2D eigenvalue weighted by Gasteiger charge is -2.17. The van der Waals surface area contributed by atoms with Crippen molar-refractivity contribution in [2.75, 3.05) is 5.32 Å². The molecule has 4 aromatic rings. The molecule has 2 aliphatic carbocycles. The average Bonchev–Trinajstić information content (AvgIpc) is 3.86. The predicted octanol–water partition coefficient (Wildman–Crippen LogP) is 6.85. The summed E-state index contributed by atoms with van der Waals surface area (Å²) in [6, 6.07) is 11.5. The molecule has 0 radical (unpaired) electrons. The van der Waals surface area contributed by atoms with E-state index in [1.807, 2.05) is 26.8 Å². The molecule has 0 spiro atoms. The van der Waals surface area contributed by atoms with Crippen LogP contribution in [0.2, 0.25) is 5.02 Å². The second-order valence-corrected chi connectivity index (χ2v) is 11.5. The number of rotatable bonds is 6. The molecule has 9 heteroatoms. The molecular weight excluding hydrogens is 534 g/mol. The van der Waals surface area contributed by atoms with Gasteiger partial charge in [-0.25, -0.2) is 13.8 Å². The normalized spacial score (nSPS) is 18.9. The number of anilines is 1. The molecule has 2 saturated carbocycles. The Balaban J connectivity index is 1.34. The molecule has 3 aromatic heterocycles. The maximum atomic E-state index is 15.5. The van der Waals surface area contributed by atoms with E-state index in [2.05, 4.69) is 15.3 Å². The standard InChI is InChI=1S/C31H27ClF2N4O2/c1-16-15-36-24(20-8-11-35-28(27(20)34)37-30(40)31(3)9-10-31)14-25(16)38-17(2)12-23(26(32)29(38)39)22-13-21(22)18-4-6-19(33)7-5-18/h4-8,11-12,14-15,21-22H,9-10,13H2,1-3H3,(H,35,37,40)/t21-,22+/m1/s1. The minimum atomic E-state index is -0.694. The molecule has 2 atom stereocenters. The number of carbonyl (C=O) groups excluding carboxylic acids is 1. The van der Waals surface area contributed by atoms with Crippen LogP contribution in [0, 0.1) is 30.9 Å². The van der Waals surface area contributed by atoms with Crippen molar-refractivity contribution in [1.82, 2.24) is 14.5 Å². The van der Waals surface area contributed by atoms with Crippen molar-refractivity contribution < 1.29 is 13.6 Å². The Morgan fingerprint density at radius 3 is 2.50 bits per heavy atom. The van der Waals surface area contributed by atoms with E-state index in [9.17, 15) is 14.0 Å². The summed E-state index contributed by atoms with van der Waals surface area (Å²) in [5.41, 5.74) is 3.28. The fourth-order valence-electron chi connectivity index (χ4n) is 5.22. The maximum absolute atomic E-state index is 15.5. The van der Waals surface area contributed by atoms with Crippen molar-refractivity contribution >= 4 is 23.3 Å². The van der Waals surface area contributed by atoms with Gasteiger partial charge < -0.3 is 5.32 Å². The lowest BCUT2D eigenvalue weighted by molar-refractivity contribution is -0.120. The molecule has 2 fully saturated rings. The summed E-state index contributed by atoms with van der Waals surface area (Å²) >= 11 is 6.66. The molecule has 3 heterocycles. The summed E-state index contributed by atoms with van der Waals surface area (Å²) in [5, 5.41) is 2.73. The van der Waals surface area contributed by atoms with Gasteiger partial charge in [0.15, 0.2) is 11.6 Å². The van der Waals surface area contributed by atoms with Gasteiger partial charge in [-0.05, 0) is 92.0 Å². The van der Waals surface area contributed by atoms with E-state index in [4.69, 9.17) is 11.6 Å². The number of nitrogens with one attached hydrogen (secondary N) is 1. The molecule has 0 bridgehead atoms. The third-order valence-corrected chi connectivity index (χ3v) is 8.49. The molecule has 0 aliphatic heterocycles. The lowest BCUT2D eigenvalue weighted by Crippen LogP contribution is -2.23. The third-order valence-electron chi connectivity index (χ3n) is 8.11. The minimum absolute atomic E-state index is 0.0746. The van der Waals surface area contributed by atoms with Crippen molar-refractivity contribution in [3.8, 4) is 16.9 Å². The van der Waals surface area contributed by atoms with E-state index in [1.54, 1.807) is 24.4 Å². The smallest absolute Gasteiger partial charge is 0.274 e. The van der Waals surface area contributed by atoms with Gasteiger partial charge in [-0.3, -0.25) is 19.1 Å². The van der Waals surface area contributed by atoms with Gasteiger partial charge >= 0.3 is 0 Å². The van der Waals surface area contributed by atoms with Gasteiger partial charge in [0.25, 0.3) is 5.56 Å². The number of aryl methyl sites for hydroxylation is 2. The van der Waals surface area contributed by atoms with Crippen LogP contribution in [0.1, 0.15) is 60.4 Å². The number of benzene rings is 1. The number of carbonyl (C=O) groups is 1. The Bertz CT molecular complexity index is 1730. The van der Waals surface area contributed by atoms with Crippen LogP contribution in [0.15, 0.2) is 59.7 Å². The van der Waals surface area contributed by atoms with Crippen molar-refractivity contribution in [1.29, 1.82) is 0 Å². The topological polar surface area (TPSA) is 76.9 Å². The van der Waals surface area contributed by atoms with E-state index in [0.717, 1.165) is 30.4 Å². The van der Waals surface area contributed by atoms with Gasteiger partial charge in [0.2, 0.25) is 5.91 Å². The highest BCUT2D eigenvalue weighted by Crippen LogP contribution is 2.56. The van der Waals surface area contributed by atoms with Gasteiger partial charge in [0, 0.05) is 29.1 Å². The van der Waals surface area contributed by atoms with E-state index in [0.29, 0.717) is 22.6 Å². The zero-order chi connectivity index (χ0) is 28.3. The Morgan fingerprint density at radius 2 is 1.80 bits per heavy atom. The number of hydrogen-bond donors (Lipinski definition) is 1. The van der Waals surface area contributed by atoms with Crippen LogP contribution in [-0.2, 0) is 4.79 Å². The molecule has 6 rings (SSSR count). The van der Waals surface area contributed by atoms with E-state index in [1.165, 1.54) is 29.0 Å². The van der Waals surface area contributed by atoms with Crippen LogP contribution >= 0.6 is 11.6 Å². The zero-order valence-corrected chi connectivity index (χ0v) is 23.0. The highest BCUT2D eigenvalue weighted by atomic mass is 35.5. The van der Waals surface area contributed by atoms with Crippen molar-refractivity contribution in [2.24, 2.45) is 5.41 Å². The van der Waals surface area contributed by atoms with Gasteiger partial charge in [0.05, 0.1) is 11.4 Å². The second kappa shape index (κ2) is 9.63. The quantitative estimate of drug-likeness (QED) is 0.280. The summed E-state index contributed by atoms with van der Waals surface area (Å²) in [5.74, 6) is -1.15. The first-order chi connectivity index (χ1) is 19.1. The highest BCUT2D eigenvalue weighted by Gasteiger charge is 2.45. The molecule has 40 heavy (non-hydrogen) atoms. The van der Waals surface area contributed by atoms with Crippen LogP contribution in [0.5, 0.6) is 0 Å². The molecule has 1 N–H and O–H groups in total. The van der Waals surface area contributed by atoms with E-state index >= 15 is 4.39 Å².